The summed E-state index contributed by atoms with van der Waals surface area (Å²) in [6, 6.07) is 5.50. The molecule has 0 radical (unpaired) electrons. The molecule has 102 valence electrons. The quantitative estimate of drug-likeness (QED) is 0.724. The molecule has 0 aliphatic carbocycles. The SMILES string of the molecule is FC(F)(F)c1cc(-c2ccco2)nc(-n2cccn2)n1. The lowest BCUT2D eigenvalue weighted by atomic mass is 10.2. The summed E-state index contributed by atoms with van der Waals surface area (Å²) in [6.07, 6.45) is -0.331. The number of aromatic nitrogens is 4. The van der Waals surface area contributed by atoms with E-state index in [0.29, 0.717) is 0 Å². The molecule has 0 saturated carbocycles. The molecule has 3 aromatic heterocycles. The van der Waals surface area contributed by atoms with Crippen LogP contribution in [0, 0.1) is 0 Å². The molecule has 0 atom stereocenters. The number of furan rings is 1. The molecule has 0 aliphatic rings. The van der Waals surface area contributed by atoms with Gasteiger partial charge in [-0.2, -0.15) is 18.3 Å². The summed E-state index contributed by atoms with van der Waals surface area (Å²) in [4.78, 5) is 7.51. The first kappa shape index (κ1) is 12.4. The van der Waals surface area contributed by atoms with Gasteiger partial charge >= 0.3 is 6.18 Å². The van der Waals surface area contributed by atoms with E-state index >= 15 is 0 Å². The van der Waals surface area contributed by atoms with Crippen molar-refractivity contribution in [2.24, 2.45) is 0 Å². The molecule has 0 amide bonds. The summed E-state index contributed by atoms with van der Waals surface area (Å²) in [5.41, 5.74) is -1.01. The van der Waals surface area contributed by atoms with Crippen molar-refractivity contribution in [3.63, 3.8) is 0 Å². The van der Waals surface area contributed by atoms with Gasteiger partial charge in [0.25, 0.3) is 5.95 Å². The predicted molar refractivity (Wildman–Crippen MR) is 61.9 cm³/mol. The summed E-state index contributed by atoms with van der Waals surface area (Å²) in [6.45, 7) is 0. The van der Waals surface area contributed by atoms with Crippen molar-refractivity contribution >= 4 is 0 Å². The number of alkyl halides is 3. The Balaban J connectivity index is 2.19. The Morgan fingerprint density at radius 2 is 2.00 bits per heavy atom. The van der Waals surface area contributed by atoms with E-state index in [1.165, 1.54) is 24.7 Å². The third-order valence-electron chi connectivity index (χ3n) is 2.49. The average Bonchev–Trinajstić information content (AvgIpc) is 3.10. The maximum absolute atomic E-state index is 12.9. The summed E-state index contributed by atoms with van der Waals surface area (Å²) in [5, 5.41) is 3.83. The second kappa shape index (κ2) is 4.48. The molecular weight excluding hydrogens is 273 g/mol. The van der Waals surface area contributed by atoms with E-state index in [4.69, 9.17) is 4.42 Å². The lowest BCUT2D eigenvalue weighted by Crippen LogP contribution is -2.13. The van der Waals surface area contributed by atoms with E-state index in [1.54, 1.807) is 12.1 Å². The van der Waals surface area contributed by atoms with Gasteiger partial charge in [0.15, 0.2) is 11.5 Å². The minimum absolute atomic E-state index is 0.0443. The third kappa shape index (κ3) is 2.27. The lowest BCUT2D eigenvalue weighted by molar-refractivity contribution is -0.141. The first-order valence-corrected chi connectivity index (χ1v) is 5.54. The Kier molecular flexibility index (Phi) is 2.78. The molecule has 3 heterocycles. The Labute approximate surface area is 110 Å². The van der Waals surface area contributed by atoms with E-state index in [2.05, 4.69) is 15.1 Å². The molecule has 3 aromatic rings. The Morgan fingerprint density at radius 3 is 2.60 bits per heavy atom. The maximum atomic E-state index is 12.9. The van der Waals surface area contributed by atoms with Crippen LogP contribution >= 0.6 is 0 Å². The predicted octanol–water partition coefficient (Wildman–Crippen LogP) is 2.94. The maximum Gasteiger partial charge on any atom is 0.433 e. The zero-order valence-corrected chi connectivity index (χ0v) is 9.87. The molecule has 0 spiro atoms. The largest absolute Gasteiger partial charge is 0.463 e. The molecule has 0 unspecified atom stereocenters. The molecule has 20 heavy (non-hydrogen) atoms. The highest BCUT2D eigenvalue weighted by atomic mass is 19.4. The van der Waals surface area contributed by atoms with Crippen molar-refractivity contribution < 1.29 is 17.6 Å². The van der Waals surface area contributed by atoms with Crippen LogP contribution in [0.15, 0.2) is 47.3 Å². The van der Waals surface area contributed by atoms with Gasteiger partial charge in [-0.1, -0.05) is 0 Å². The highest BCUT2D eigenvalue weighted by Gasteiger charge is 2.34. The van der Waals surface area contributed by atoms with Crippen molar-refractivity contribution in [1.82, 2.24) is 19.7 Å². The molecular formula is C12H7F3N4O. The summed E-state index contributed by atoms with van der Waals surface area (Å²) < 4.78 is 44.9. The zero-order chi connectivity index (χ0) is 14.2. The van der Waals surface area contributed by atoms with E-state index in [-0.39, 0.29) is 17.4 Å². The molecule has 0 saturated heterocycles. The number of nitrogens with zero attached hydrogens (tertiary/aromatic N) is 4. The van der Waals surface area contributed by atoms with Crippen LogP contribution in [0.2, 0.25) is 0 Å². The zero-order valence-electron chi connectivity index (χ0n) is 9.87. The Morgan fingerprint density at radius 1 is 1.15 bits per heavy atom. The first-order valence-electron chi connectivity index (χ1n) is 5.54. The third-order valence-corrected chi connectivity index (χ3v) is 2.49. The summed E-state index contributed by atoms with van der Waals surface area (Å²) in [5.74, 6) is 0.0579. The van der Waals surface area contributed by atoms with Gasteiger partial charge in [-0.15, -0.1) is 0 Å². The lowest BCUT2D eigenvalue weighted by Gasteiger charge is -2.09. The highest BCUT2D eigenvalue weighted by Crippen LogP contribution is 2.30. The smallest absolute Gasteiger partial charge is 0.433 e. The molecule has 8 heteroatoms. The molecule has 3 rings (SSSR count). The molecule has 0 bridgehead atoms. The van der Waals surface area contributed by atoms with Gasteiger partial charge in [-0.05, 0) is 24.3 Å². The van der Waals surface area contributed by atoms with Crippen molar-refractivity contribution in [3.05, 3.63) is 48.6 Å². The van der Waals surface area contributed by atoms with Crippen LogP contribution in [-0.2, 0) is 6.18 Å². The van der Waals surface area contributed by atoms with Gasteiger partial charge in [0, 0.05) is 12.4 Å². The van der Waals surface area contributed by atoms with Crippen molar-refractivity contribution in [2.75, 3.05) is 0 Å². The summed E-state index contributed by atoms with van der Waals surface area (Å²) >= 11 is 0. The monoisotopic (exact) mass is 280 g/mol. The second-order valence-electron chi connectivity index (χ2n) is 3.86. The first-order chi connectivity index (χ1) is 9.54. The van der Waals surface area contributed by atoms with Gasteiger partial charge < -0.3 is 4.42 Å². The van der Waals surface area contributed by atoms with Crippen LogP contribution < -0.4 is 0 Å². The fourth-order valence-electron chi connectivity index (χ4n) is 1.62. The van der Waals surface area contributed by atoms with Crippen LogP contribution in [0.25, 0.3) is 17.4 Å². The topological polar surface area (TPSA) is 56.7 Å². The van der Waals surface area contributed by atoms with Gasteiger partial charge in [0.1, 0.15) is 5.69 Å². The number of hydrogen-bond acceptors (Lipinski definition) is 4. The minimum Gasteiger partial charge on any atom is -0.463 e. The van der Waals surface area contributed by atoms with Crippen LogP contribution in [0.4, 0.5) is 13.2 Å². The molecule has 0 N–H and O–H groups in total. The van der Waals surface area contributed by atoms with E-state index in [1.807, 2.05) is 0 Å². The Hall–Kier alpha value is -2.64. The average molecular weight is 280 g/mol. The van der Waals surface area contributed by atoms with Gasteiger partial charge in [0.2, 0.25) is 0 Å². The number of rotatable bonds is 2. The normalized spacial score (nSPS) is 11.8. The van der Waals surface area contributed by atoms with Gasteiger partial charge in [0.05, 0.1) is 6.26 Å². The standard InChI is InChI=1S/C12H7F3N4O/c13-12(14,15)10-7-8(9-3-1-6-20-9)17-11(18-10)19-5-2-4-16-19/h1-7H. The summed E-state index contributed by atoms with van der Waals surface area (Å²) in [7, 11) is 0. The van der Waals surface area contributed by atoms with E-state index < -0.39 is 11.9 Å². The van der Waals surface area contributed by atoms with Crippen molar-refractivity contribution in [1.29, 1.82) is 0 Å². The Bertz CT molecular complexity index is 652. The number of hydrogen-bond donors (Lipinski definition) is 0. The van der Waals surface area contributed by atoms with Crippen LogP contribution in [-0.4, -0.2) is 19.7 Å². The van der Waals surface area contributed by atoms with Crippen molar-refractivity contribution in [3.8, 4) is 17.4 Å². The van der Waals surface area contributed by atoms with E-state index in [0.717, 1.165) is 10.7 Å². The minimum atomic E-state index is -4.58. The van der Waals surface area contributed by atoms with Gasteiger partial charge in [-0.3, -0.25) is 0 Å². The van der Waals surface area contributed by atoms with E-state index in [9.17, 15) is 13.2 Å². The van der Waals surface area contributed by atoms with Crippen LogP contribution in [0.3, 0.4) is 0 Å². The fraction of sp³-hybridized carbons (Fsp3) is 0.0833. The molecule has 0 fully saturated rings. The molecule has 0 aromatic carbocycles. The van der Waals surface area contributed by atoms with Crippen molar-refractivity contribution in [2.45, 2.75) is 6.18 Å². The fourth-order valence-corrected chi connectivity index (χ4v) is 1.62. The number of halogens is 3. The van der Waals surface area contributed by atoms with Crippen LogP contribution in [0.1, 0.15) is 5.69 Å². The highest BCUT2D eigenvalue weighted by molar-refractivity contribution is 5.53. The second-order valence-corrected chi connectivity index (χ2v) is 3.86. The molecule has 0 aliphatic heterocycles. The molecule has 5 nitrogen and oxygen atoms in total. The van der Waals surface area contributed by atoms with Gasteiger partial charge in [-0.25, -0.2) is 14.6 Å². The van der Waals surface area contributed by atoms with Crippen LogP contribution in [0.5, 0.6) is 0 Å².